The first-order valence-corrected chi connectivity index (χ1v) is 7.26. The third kappa shape index (κ3) is 2.84. The van der Waals surface area contributed by atoms with Crippen molar-refractivity contribution in [2.45, 2.75) is 44.2 Å². The smallest absolute Gasteiger partial charge is 0.282 e. The molecular weight excluding hydrogens is 305 g/mol. The molecule has 21 heavy (non-hydrogen) atoms. The minimum absolute atomic E-state index is 0.0598. The lowest BCUT2D eigenvalue weighted by atomic mass is 9.92. The molecule has 0 amide bonds. The van der Waals surface area contributed by atoms with Crippen LogP contribution in [0.2, 0.25) is 5.15 Å². The fraction of sp³-hybridized carbons (Fsp3) is 0.615. The molecule has 8 heteroatoms. The molecule has 4 nitrogen and oxygen atoms in total. The number of aromatic nitrogens is 4. The Morgan fingerprint density at radius 1 is 1.19 bits per heavy atom. The Morgan fingerprint density at radius 3 is 2.71 bits per heavy atom. The normalized spacial score (nSPS) is 24.2. The average Bonchev–Trinajstić information content (AvgIpc) is 2.68. The fourth-order valence-corrected chi connectivity index (χ4v) is 3.17. The molecule has 1 fully saturated rings. The molecule has 2 heterocycles. The number of rotatable bonds is 1. The van der Waals surface area contributed by atoms with E-state index in [2.05, 4.69) is 15.2 Å². The largest absolute Gasteiger partial charge is 0.391 e. The third-order valence-electron chi connectivity index (χ3n) is 4.06. The van der Waals surface area contributed by atoms with Gasteiger partial charge in [-0.25, -0.2) is 4.98 Å². The molecule has 1 aliphatic rings. The van der Waals surface area contributed by atoms with Gasteiger partial charge < -0.3 is 0 Å². The zero-order valence-electron chi connectivity index (χ0n) is 11.1. The van der Waals surface area contributed by atoms with Crippen molar-refractivity contribution in [1.82, 2.24) is 19.6 Å². The Kier molecular flexibility index (Phi) is 3.77. The van der Waals surface area contributed by atoms with Crippen molar-refractivity contribution in [3.8, 4) is 0 Å². The molecule has 2 aromatic rings. The summed E-state index contributed by atoms with van der Waals surface area (Å²) in [6.07, 6.45) is 1.30. The second-order valence-electron chi connectivity index (χ2n) is 5.43. The highest BCUT2D eigenvalue weighted by Crippen LogP contribution is 2.42. The molecule has 114 valence electrons. The molecule has 2 atom stereocenters. The lowest BCUT2D eigenvalue weighted by molar-refractivity contribution is -0.178. The summed E-state index contributed by atoms with van der Waals surface area (Å²) in [7, 11) is 0. The number of halogens is 4. The summed E-state index contributed by atoms with van der Waals surface area (Å²) in [6.45, 7) is 0. The monoisotopic (exact) mass is 318 g/mol. The van der Waals surface area contributed by atoms with E-state index in [1.165, 1.54) is 6.20 Å². The van der Waals surface area contributed by atoms with Crippen LogP contribution < -0.4 is 0 Å². The van der Waals surface area contributed by atoms with Crippen molar-refractivity contribution in [1.29, 1.82) is 0 Å². The van der Waals surface area contributed by atoms with Gasteiger partial charge in [-0.1, -0.05) is 24.4 Å². The molecule has 1 saturated carbocycles. The van der Waals surface area contributed by atoms with E-state index in [1.807, 2.05) is 0 Å². The van der Waals surface area contributed by atoms with Gasteiger partial charge in [-0.05, 0) is 19.3 Å². The third-order valence-corrected chi connectivity index (χ3v) is 4.33. The Labute approximate surface area is 124 Å². The summed E-state index contributed by atoms with van der Waals surface area (Å²) in [5, 5.41) is 8.21. The maximum absolute atomic E-state index is 13.0. The van der Waals surface area contributed by atoms with Crippen molar-refractivity contribution in [2.24, 2.45) is 5.92 Å². The van der Waals surface area contributed by atoms with Gasteiger partial charge in [0.25, 0.3) is 0 Å². The Hall–Kier alpha value is -1.37. The van der Waals surface area contributed by atoms with E-state index < -0.39 is 12.1 Å². The molecule has 2 aromatic heterocycles. The summed E-state index contributed by atoms with van der Waals surface area (Å²) in [4.78, 5) is 3.90. The molecule has 0 saturated heterocycles. The van der Waals surface area contributed by atoms with Crippen LogP contribution >= 0.6 is 11.6 Å². The lowest BCUT2D eigenvalue weighted by Crippen LogP contribution is -2.24. The number of hydrogen-bond donors (Lipinski definition) is 0. The summed E-state index contributed by atoms with van der Waals surface area (Å²) in [5.74, 6) is -0.979. The summed E-state index contributed by atoms with van der Waals surface area (Å²) in [6, 6.07) is 0. The van der Waals surface area contributed by atoms with E-state index in [4.69, 9.17) is 11.6 Å². The van der Waals surface area contributed by atoms with E-state index in [0.717, 1.165) is 6.42 Å². The van der Waals surface area contributed by atoms with Crippen molar-refractivity contribution in [3.05, 3.63) is 23.4 Å². The molecule has 0 spiro atoms. The topological polar surface area (TPSA) is 43.1 Å². The average molecular weight is 319 g/mol. The van der Waals surface area contributed by atoms with Crippen LogP contribution in [0.25, 0.3) is 5.65 Å². The Morgan fingerprint density at radius 2 is 1.95 bits per heavy atom. The second-order valence-corrected chi connectivity index (χ2v) is 5.78. The van der Waals surface area contributed by atoms with E-state index in [9.17, 15) is 13.2 Å². The van der Waals surface area contributed by atoms with Crippen LogP contribution in [0.4, 0.5) is 13.2 Å². The highest BCUT2D eigenvalue weighted by Gasteiger charge is 2.42. The molecule has 1 aliphatic carbocycles. The van der Waals surface area contributed by atoms with Gasteiger partial charge in [0.05, 0.1) is 5.92 Å². The van der Waals surface area contributed by atoms with Crippen LogP contribution in [0, 0.1) is 5.92 Å². The van der Waals surface area contributed by atoms with Gasteiger partial charge in [0.2, 0.25) is 0 Å². The van der Waals surface area contributed by atoms with Crippen molar-refractivity contribution in [2.75, 3.05) is 0 Å². The second kappa shape index (κ2) is 5.44. The van der Waals surface area contributed by atoms with Gasteiger partial charge in [0.15, 0.2) is 10.8 Å². The molecule has 0 aliphatic heterocycles. The zero-order chi connectivity index (χ0) is 15.0. The van der Waals surface area contributed by atoms with Gasteiger partial charge in [-0.3, -0.25) is 4.40 Å². The molecule has 2 unspecified atom stereocenters. The van der Waals surface area contributed by atoms with Crippen LogP contribution in [0.15, 0.2) is 12.4 Å². The van der Waals surface area contributed by atoms with E-state index in [-0.39, 0.29) is 23.9 Å². The minimum Gasteiger partial charge on any atom is -0.282 e. The Balaban J connectivity index is 1.95. The lowest BCUT2D eigenvalue weighted by Gasteiger charge is -2.21. The van der Waals surface area contributed by atoms with Crippen LogP contribution in [0.5, 0.6) is 0 Å². The van der Waals surface area contributed by atoms with Crippen LogP contribution in [-0.2, 0) is 0 Å². The first-order valence-electron chi connectivity index (χ1n) is 6.88. The Bertz CT molecular complexity index is 640. The van der Waals surface area contributed by atoms with Crippen LogP contribution in [0.3, 0.4) is 0 Å². The minimum atomic E-state index is -4.15. The molecular formula is C13H14ClF3N4. The van der Waals surface area contributed by atoms with Gasteiger partial charge in [0.1, 0.15) is 5.82 Å². The van der Waals surface area contributed by atoms with Crippen molar-refractivity contribution < 1.29 is 13.2 Å². The number of fused-ring (bicyclic) bond motifs is 1. The summed E-state index contributed by atoms with van der Waals surface area (Å²) in [5.41, 5.74) is 0.391. The highest BCUT2D eigenvalue weighted by atomic mass is 35.5. The van der Waals surface area contributed by atoms with Crippen LogP contribution in [-0.4, -0.2) is 25.8 Å². The van der Waals surface area contributed by atoms with Gasteiger partial charge in [0, 0.05) is 18.3 Å². The van der Waals surface area contributed by atoms with Crippen molar-refractivity contribution in [3.63, 3.8) is 0 Å². The predicted molar refractivity (Wildman–Crippen MR) is 71.2 cm³/mol. The number of alkyl halides is 3. The van der Waals surface area contributed by atoms with Crippen LogP contribution in [0.1, 0.15) is 43.8 Å². The maximum atomic E-state index is 13.0. The molecule has 0 radical (unpaired) electrons. The first kappa shape index (κ1) is 14.6. The predicted octanol–water partition coefficient (Wildman–Crippen LogP) is 4.00. The fourth-order valence-electron chi connectivity index (χ4n) is 2.99. The molecule has 0 N–H and O–H groups in total. The molecule has 0 aromatic carbocycles. The number of nitrogens with zero attached hydrogens (tertiary/aromatic N) is 4. The van der Waals surface area contributed by atoms with E-state index in [0.29, 0.717) is 24.3 Å². The summed E-state index contributed by atoms with van der Waals surface area (Å²) >= 11 is 5.93. The number of hydrogen-bond acceptors (Lipinski definition) is 3. The molecule has 0 bridgehead atoms. The maximum Gasteiger partial charge on any atom is 0.391 e. The van der Waals surface area contributed by atoms with Gasteiger partial charge in [-0.15, -0.1) is 10.2 Å². The highest BCUT2D eigenvalue weighted by molar-refractivity contribution is 6.32. The zero-order valence-corrected chi connectivity index (χ0v) is 11.9. The van der Waals surface area contributed by atoms with Gasteiger partial charge >= 0.3 is 6.18 Å². The van der Waals surface area contributed by atoms with E-state index in [1.54, 1.807) is 10.6 Å². The standard InChI is InChI=1S/C13H14ClF3N4/c14-10-12-20-19-11(21(12)6-5-18-10)8-3-1-2-4-9(7-8)13(15,16)17/h5-6,8-9H,1-4,7H2. The first-order chi connectivity index (χ1) is 9.97. The van der Waals surface area contributed by atoms with Gasteiger partial charge in [-0.2, -0.15) is 13.2 Å². The van der Waals surface area contributed by atoms with Crippen molar-refractivity contribution >= 4 is 17.2 Å². The quantitative estimate of drug-likeness (QED) is 0.746. The SMILES string of the molecule is FC(F)(F)C1CCCCC(c2nnc3c(Cl)nccn23)C1. The summed E-state index contributed by atoms with van der Waals surface area (Å²) < 4.78 is 40.8. The molecule has 3 rings (SSSR count). The van der Waals surface area contributed by atoms with E-state index >= 15 is 0 Å².